The van der Waals surface area contributed by atoms with Crippen LogP contribution in [0.15, 0.2) is 48.7 Å². The van der Waals surface area contributed by atoms with Gasteiger partial charge in [-0.25, -0.2) is 9.59 Å². The van der Waals surface area contributed by atoms with Gasteiger partial charge >= 0.3 is 11.3 Å². The minimum atomic E-state index is -0.655. The quantitative estimate of drug-likeness (QED) is 0.248. The Kier molecular flexibility index (Phi) is 4.20. The monoisotopic (exact) mass is 678 g/mol. The van der Waals surface area contributed by atoms with Crippen LogP contribution in [0.25, 0.3) is 33.5 Å². The maximum atomic E-state index is 12.2. The first-order valence-corrected chi connectivity index (χ1v) is 9.95. The molecule has 0 fully saturated rings. The van der Waals surface area contributed by atoms with E-state index in [1.165, 1.54) is 0 Å². The number of rotatable bonds is 1. The van der Waals surface area contributed by atoms with E-state index in [2.05, 4.69) is 31.9 Å². The van der Waals surface area contributed by atoms with Gasteiger partial charge in [0.2, 0.25) is 11.2 Å². The standard InChI is InChI=1S/C14H2Br2I2O6/c15-5-1-3-7(17)11(23-13(19)9(3)21-5)12-8(18)4-2-6(16)22-10(4)14(20)24-12/h1-2H. The van der Waals surface area contributed by atoms with Gasteiger partial charge in [-0.1, -0.05) is 0 Å². The fraction of sp³-hybridized carbons (Fsp3) is 0. The Morgan fingerprint density at radius 3 is 1.46 bits per heavy atom. The molecule has 0 unspecified atom stereocenters. The van der Waals surface area contributed by atoms with Crippen molar-refractivity contribution in [2.45, 2.75) is 0 Å². The van der Waals surface area contributed by atoms with E-state index in [0.29, 0.717) is 27.3 Å². The average Bonchev–Trinajstić information content (AvgIpc) is 3.10. The lowest BCUT2D eigenvalue weighted by molar-refractivity contribution is 0.455. The van der Waals surface area contributed by atoms with E-state index in [1.807, 2.05) is 45.2 Å². The van der Waals surface area contributed by atoms with Crippen LogP contribution in [0.5, 0.6) is 0 Å². The highest BCUT2D eigenvalue weighted by Gasteiger charge is 2.24. The van der Waals surface area contributed by atoms with Crippen LogP contribution in [0.4, 0.5) is 0 Å². The highest BCUT2D eigenvalue weighted by atomic mass is 127. The molecule has 4 aromatic rings. The van der Waals surface area contributed by atoms with E-state index in [0.717, 1.165) is 0 Å². The molecule has 0 amide bonds. The van der Waals surface area contributed by atoms with Crippen molar-refractivity contribution in [3.8, 4) is 11.5 Å². The Labute approximate surface area is 176 Å². The third-order valence-corrected chi connectivity index (χ3v) is 6.17. The summed E-state index contributed by atoms with van der Waals surface area (Å²) in [4.78, 5) is 24.3. The van der Waals surface area contributed by atoms with Crippen molar-refractivity contribution in [2.24, 2.45) is 0 Å². The van der Waals surface area contributed by atoms with Crippen LogP contribution >= 0.6 is 77.0 Å². The second kappa shape index (κ2) is 5.99. The summed E-state index contributed by atoms with van der Waals surface area (Å²) in [6.07, 6.45) is 0. The minimum absolute atomic E-state index is 0.0968. The molecule has 4 heterocycles. The summed E-state index contributed by atoms with van der Waals surface area (Å²) in [7, 11) is 0. The summed E-state index contributed by atoms with van der Waals surface area (Å²) in [5, 5.41) is 1.14. The van der Waals surface area contributed by atoms with Crippen LogP contribution < -0.4 is 11.3 Å². The molecule has 0 atom stereocenters. The SMILES string of the molecule is O=c1oc(-c2oc(=O)c3oc(Br)cc3c2I)c(I)c2cc(Br)oc12. The van der Waals surface area contributed by atoms with Crippen molar-refractivity contribution in [1.82, 2.24) is 0 Å². The number of furan rings is 2. The molecule has 24 heavy (non-hydrogen) atoms. The third-order valence-electron chi connectivity index (χ3n) is 3.24. The first kappa shape index (κ1) is 16.8. The molecule has 122 valence electrons. The maximum absolute atomic E-state index is 12.2. The van der Waals surface area contributed by atoms with Crippen LogP contribution in [0.3, 0.4) is 0 Å². The van der Waals surface area contributed by atoms with Crippen molar-refractivity contribution in [2.75, 3.05) is 0 Å². The lowest BCUT2D eigenvalue weighted by Gasteiger charge is -2.05. The molecule has 0 aliphatic heterocycles. The first-order valence-electron chi connectivity index (χ1n) is 6.20. The Morgan fingerprint density at radius 1 is 0.708 bits per heavy atom. The zero-order chi connectivity index (χ0) is 17.2. The van der Waals surface area contributed by atoms with E-state index in [9.17, 15) is 9.59 Å². The van der Waals surface area contributed by atoms with Crippen molar-refractivity contribution < 1.29 is 17.7 Å². The van der Waals surface area contributed by atoms with Gasteiger partial charge in [-0.15, -0.1) is 0 Å². The van der Waals surface area contributed by atoms with Crippen LogP contribution in [-0.4, -0.2) is 0 Å². The Hall–Kier alpha value is -0.600. The number of halogens is 4. The molecule has 0 aliphatic rings. The molecule has 0 bridgehead atoms. The molecular formula is C14H2Br2I2O6. The van der Waals surface area contributed by atoms with Crippen LogP contribution in [0.1, 0.15) is 0 Å². The number of hydrogen-bond acceptors (Lipinski definition) is 6. The molecule has 0 N–H and O–H groups in total. The molecule has 0 saturated heterocycles. The van der Waals surface area contributed by atoms with E-state index in [1.54, 1.807) is 12.1 Å². The Bertz CT molecular complexity index is 1150. The van der Waals surface area contributed by atoms with E-state index in [-0.39, 0.29) is 22.7 Å². The predicted molar refractivity (Wildman–Crippen MR) is 109 cm³/mol. The highest BCUT2D eigenvalue weighted by molar-refractivity contribution is 14.1. The highest BCUT2D eigenvalue weighted by Crippen LogP contribution is 2.37. The van der Waals surface area contributed by atoms with Gasteiger partial charge in [0.1, 0.15) is 0 Å². The largest absolute Gasteiger partial charge is 0.442 e. The summed E-state index contributed by atoms with van der Waals surface area (Å²) < 4.78 is 23.3. The molecule has 0 aliphatic carbocycles. The van der Waals surface area contributed by atoms with Gasteiger partial charge in [0.15, 0.2) is 20.9 Å². The fourth-order valence-corrected chi connectivity index (χ4v) is 4.55. The predicted octanol–water partition coefficient (Wildman–Crippen LogP) is 5.49. The molecular weight excluding hydrogens is 678 g/mol. The normalized spacial score (nSPS) is 11.7. The molecule has 0 spiro atoms. The summed E-state index contributed by atoms with van der Waals surface area (Å²) in [5.74, 6) is 0.337. The molecule has 0 saturated carbocycles. The van der Waals surface area contributed by atoms with E-state index in [4.69, 9.17) is 17.7 Å². The van der Waals surface area contributed by atoms with Crippen molar-refractivity contribution in [3.05, 3.63) is 49.5 Å². The van der Waals surface area contributed by atoms with Crippen LogP contribution in [0.2, 0.25) is 0 Å². The van der Waals surface area contributed by atoms with Gasteiger partial charge in [-0.3, -0.25) is 0 Å². The second-order valence-corrected chi connectivity index (χ2v) is 8.37. The summed E-state index contributed by atoms with van der Waals surface area (Å²) in [5.41, 5.74) is -1.12. The topological polar surface area (TPSA) is 86.7 Å². The zero-order valence-electron chi connectivity index (χ0n) is 11.1. The van der Waals surface area contributed by atoms with Gasteiger partial charge in [-0.05, 0) is 77.0 Å². The summed E-state index contributed by atoms with van der Waals surface area (Å²) in [6, 6.07) is 3.32. The van der Waals surface area contributed by atoms with E-state index >= 15 is 0 Å². The van der Waals surface area contributed by atoms with Crippen molar-refractivity contribution in [1.29, 1.82) is 0 Å². The van der Waals surface area contributed by atoms with Gasteiger partial charge < -0.3 is 17.7 Å². The average molecular weight is 680 g/mol. The van der Waals surface area contributed by atoms with Gasteiger partial charge in [0, 0.05) is 22.9 Å². The van der Waals surface area contributed by atoms with E-state index < -0.39 is 11.3 Å². The smallest absolute Gasteiger partial charge is 0.380 e. The lowest BCUT2D eigenvalue weighted by Crippen LogP contribution is -2.05. The van der Waals surface area contributed by atoms with Crippen molar-refractivity contribution >= 4 is 99.0 Å². The van der Waals surface area contributed by atoms with Gasteiger partial charge in [-0.2, -0.15) is 0 Å². The first-order chi connectivity index (χ1) is 11.4. The van der Waals surface area contributed by atoms with Crippen molar-refractivity contribution in [3.63, 3.8) is 0 Å². The van der Waals surface area contributed by atoms with Crippen LogP contribution in [0, 0.1) is 7.14 Å². The zero-order valence-corrected chi connectivity index (χ0v) is 18.6. The maximum Gasteiger partial charge on any atom is 0.380 e. The Balaban J connectivity index is 2.13. The molecule has 0 aromatic carbocycles. The molecule has 6 nitrogen and oxygen atoms in total. The molecule has 0 radical (unpaired) electrons. The molecule has 4 aromatic heterocycles. The van der Waals surface area contributed by atoms with Gasteiger partial charge in [0.25, 0.3) is 0 Å². The summed E-state index contributed by atoms with van der Waals surface area (Å²) >= 11 is 10.4. The summed E-state index contributed by atoms with van der Waals surface area (Å²) in [6.45, 7) is 0. The Morgan fingerprint density at radius 2 is 1.08 bits per heavy atom. The van der Waals surface area contributed by atoms with Crippen LogP contribution in [-0.2, 0) is 0 Å². The third kappa shape index (κ3) is 2.52. The molecule has 10 heteroatoms. The second-order valence-electron chi connectivity index (χ2n) is 4.65. The van der Waals surface area contributed by atoms with Gasteiger partial charge in [0.05, 0.1) is 7.14 Å². The fourth-order valence-electron chi connectivity index (χ4n) is 2.26. The lowest BCUT2D eigenvalue weighted by atomic mass is 10.2. The molecule has 4 rings (SSSR count). The minimum Gasteiger partial charge on any atom is -0.442 e. The number of hydrogen-bond donors (Lipinski definition) is 0. The number of fused-ring (bicyclic) bond motifs is 2.